The zero-order valence-electron chi connectivity index (χ0n) is 57.9. The molecule has 0 aromatic rings. The third-order valence-corrected chi connectivity index (χ3v) is 22.0. The number of hydrogen-bond acceptors (Lipinski definition) is 0. The molecule has 0 aliphatic heterocycles. The van der Waals surface area contributed by atoms with Crippen LogP contribution in [0, 0.1) is 22.2 Å². The maximum absolute atomic E-state index is 2.35. The molecule has 0 nitrogen and oxygen atoms in total. The van der Waals surface area contributed by atoms with Gasteiger partial charge in [0.25, 0.3) is 0 Å². The molecule has 2 aliphatic rings. The van der Waals surface area contributed by atoms with Crippen molar-refractivity contribution in [1.29, 1.82) is 0 Å². The molecule has 0 aromatic carbocycles. The summed E-state index contributed by atoms with van der Waals surface area (Å²) in [6.45, 7) is 16.4. The molecule has 0 heterocycles. The first-order valence-electron chi connectivity index (χ1n) is 39.5. The molecule has 0 aromatic heterocycles. The van der Waals surface area contributed by atoms with Crippen molar-refractivity contribution < 1.29 is 0 Å². The van der Waals surface area contributed by atoms with E-state index < -0.39 is 0 Å². The maximum Gasteiger partial charge on any atom is -0.0241 e. The Morgan fingerprint density at radius 2 is 0.400 bits per heavy atom. The van der Waals surface area contributed by atoms with Gasteiger partial charge in [0.1, 0.15) is 0 Å². The second-order valence-corrected chi connectivity index (χ2v) is 29.0. The van der Waals surface area contributed by atoms with Gasteiger partial charge in [-0.05, 0) is 92.8 Å². The molecule has 480 valence electrons. The normalized spacial score (nSPS) is 16.5. The molecule has 1 atom stereocenters. The summed E-state index contributed by atoms with van der Waals surface area (Å²) in [5.41, 5.74) is 2.10. The highest BCUT2D eigenvalue weighted by molar-refractivity contribution is 5.02. The summed E-state index contributed by atoms with van der Waals surface area (Å²) in [5, 5.41) is 0. The van der Waals surface area contributed by atoms with E-state index in [-0.39, 0.29) is 0 Å². The highest BCUT2D eigenvalue weighted by Crippen LogP contribution is 2.63. The van der Waals surface area contributed by atoms with Crippen molar-refractivity contribution in [3.05, 3.63) is 0 Å². The first kappa shape index (κ1) is 78.0. The molecule has 0 radical (unpaired) electrons. The summed E-state index contributed by atoms with van der Waals surface area (Å²) in [4.78, 5) is 0. The van der Waals surface area contributed by atoms with Gasteiger partial charge in [0, 0.05) is 0 Å². The van der Waals surface area contributed by atoms with Crippen molar-refractivity contribution in [2.75, 3.05) is 0 Å². The molecule has 1 unspecified atom stereocenters. The lowest BCUT2D eigenvalue weighted by Gasteiger charge is -2.48. The van der Waals surface area contributed by atoms with Crippen LogP contribution in [0.25, 0.3) is 0 Å². The maximum atomic E-state index is 2.35. The second-order valence-electron chi connectivity index (χ2n) is 29.0. The summed E-state index contributed by atoms with van der Waals surface area (Å²) in [5.74, 6) is 1.07. The minimum absolute atomic E-state index is 0.680. The largest absolute Gasteiger partial charge is 0.0654 e. The summed E-state index contributed by atoms with van der Waals surface area (Å²) in [6.07, 6.45) is 103. The predicted octanol–water partition coefficient (Wildman–Crippen LogP) is 30.6. The third kappa shape index (κ3) is 41.2. The monoisotopic (exact) mass is 1120 g/mol. The fourth-order valence-electron chi connectivity index (χ4n) is 16.7. The van der Waals surface area contributed by atoms with Gasteiger partial charge in [-0.3, -0.25) is 0 Å². The Kier molecular flexibility index (Phi) is 57.9. The van der Waals surface area contributed by atoms with Crippen LogP contribution in [0.2, 0.25) is 0 Å². The lowest BCUT2D eigenvalue weighted by Crippen LogP contribution is -2.38. The second kappa shape index (κ2) is 59.3. The number of hydrogen-bond donors (Lipinski definition) is 0. The first-order chi connectivity index (χ1) is 39.5. The van der Waals surface area contributed by atoms with Gasteiger partial charge in [-0.25, -0.2) is 0 Å². The Labute approximate surface area is 511 Å². The number of rotatable bonds is 63. The van der Waals surface area contributed by atoms with E-state index in [2.05, 4.69) is 48.5 Å². The Hall–Kier alpha value is 0. The summed E-state index contributed by atoms with van der Waals surface area (Å²) < 4.78 is 0. The van der Waals surface area contributed by atoms with Crippen LogP contribution in [0.1, 0.15) is 492 Å². The molecule has 0 bridgehead atoms. The van der Waals surface area contributed by atoms with Gasteiger partial charge in [-0.15, -0.1) is 0 Å². The average Bonchev–Trinajstić information content (AvgIpc) is 4.12. The summed E-state index contributed by atoms with van der Waals surface area (Å²) in [6, 6.07) is 0. The highest BCUT2D eigenvalue weighted by atomic mass is 14.6. The van der Waals surface area contributed by atoms with Gasteiger partial charge in [-0.1, -0.05) is 421 Å². The Bertz CT molecular complexity index is 1050. The predicted molar refractivity (Wildman–Crippen MR) is 369 cm³/mol. The molecule has 0 saturated heterocycles. The van der Waals surface area contributed by atoms with E-state index >= 15 is 0 Å². The Balaban J connectivity index is 0.000000825. The fourth-order valence-corrected chi connectivity index (χ4v) is 16.7. The Morgan fingerprint density at radius 3 is 0.637 bits per heavy atom. The first-order valence-corrected chi connectivity index (χ1v) is 39.5. The van der Waals surface area contributed by atoms with Crippen molar-refractivity contribution in [3.63, 3.8) is 0 Å². The van der Waals surface area contributed by atoms with Crippen LogP contribution in [0.5, 0.6) is 0 Å². The highest BCUT2D eigenvalue weighted by Gasteiger charge is 2.52. The van der Waals surface area contributed by atoms with Gasteiger partial charge in [0.15, 0.2) is 0 Å². The van der Waals surface area contributed by atoms with Crippen LogP contribution in [-0.4, -0.2) is 0 Å². The van der Waals surface area contributed by atoms with E-state index in [0.29, 0.717) is 10.8 Å². The zero-order valence-corrected chi connectivity index (χ0v) is 57.9. The van der Waals surface area contributed by atoms with Crippen molar-refractivity contribution in [2.24, 2.45) is 22.2 Å². The van der Waals surface area contributed by atoms with E-state index in [9.17, 15) is 0 Å². The van der Waals surface area contributed by atoms with Gasteiger partial charge in [0.2, 0.25) is 0 Å². The topological polar surface area (TPSA) is 0 Å². The molecular formula is C80H160. The van der Waals surface area contributed by atoms with Gasteiger partial charge in [0.05, 0.1) is 0 Å². The van der Waals surface area contributed by atoms with E-state index in [4.69, 9.17) is 0 Å². The molecule has 0 spiro atoms. The summed E-state index contributed by atoms with van der Waals surface area (Å²) in [7, 11) is 0. The van der Waals surface area contributed by atoms with Crippen LogP contribution in [-0.2, 0) is 0 Å². The zero-order chi connectivity index (χ0) is 57.9. The number of unbranched alkanes of at least 4 members (excludes halogenated alkanes) is 49. The lowest BCUT2D eigenvalue weighted by atomic mass is 9.57. The van der Waals surface area contributed by atoms with Gasteiger partial charge >= 0.3 is 0 Å². The Morgan fingerprint density at radius 1 is 0.200 bits per heavy atom. The molecule has 2 saturated carbocycles. The minimum atomic E-state index is 0.680. The third-order valence-electron chi connectivity index (χ3n) is 22.0. The van der Waals surface area contributed by atoms with Crippen molar-refractivity contribution >= 4 is 0 Å². The molecule has 0 heteroatoms. The molecule has 2 rings (SSSR count). The smallest absolute Gasteiger partial charge is 0.0241 e. The van der Waals surface area contributed by atoms with Gasteiger partial charge < -0.3 is 0 Å². The quantitative estimate of drug-likeness (QED) is 0.0533. The molecular weight excluding hydrogens is 961 g/mol. The van der Waals surface area contributed by atoms with Crippen LogP contribution in [0.3, 0.4) is 0 Å². The molecule has 80 heavy (non-hydrogen) atoms. The summed E-state index contributed by atoms with van der Waals surface area (Å²) >= 11 is 0. The lowest BCUT2D eigenvalue weighted by molar-refractivity contribution is 0.0208. The van der Waals surface area contributed by atoms with E-state index in [1.807, 2.05) is 0 Å². The van der Waals surface area contributed by atoms with Gasteiger partial charge in [-0.2, -0.15) is 0 Å². The van der Waals surface area contributed by atoms with Crippen LogP contribution < -0.4 is 0 Å². The minimum Gasteiger partial charge on any atom is -0.0654 e. The average molecular weight is 1120 g/mol. The molecule has 0 N–H and O–H groups in total. The van der Waals surface area contributed by atoms with Crippen LogP contribution in [0.4, 0.5) is 0 Å². The van der Waals surface area contributed by atoms with E-state index in [1.165, 1.54) is 366 Å². The van der Waals surface area contributed by atoms with Crippen molar-refractivity contribution in [2.45, 2.75) is 492 Å². The molecule has 2 fully saturated rings. The van der Waals surface area contributed by atoms with Crippen molar-refractivity contribution in [3.8, 4) is 0 Å². The SMILES string of the molecule is CCCCCCCCCCC1(CCCCCCCCCC)CCCC1(CCCCCCCCCC)CCCCCCCCCC.CCCCCCCCCCC1CCCC1(CCCCCCCCCC)CCCCCCCCCC. The van der Waals surface area contributed by atoms with E-state index in [1.54, 1.807) is 77.0 Å². The standard InChI is InChI=1S/C45H90.C35H70/c1-5-9-13-17-21-25-29-33-38-44(39-34-30-26-22-18-14-10-6-2)42-37-43-45(44,40-35-31-27-23-19-15-11-7-3)41-36-32-28-24-20-16-12-8-4;1-4-7-10-13-16-19-22-25-29-34-30-28-33-35(34,31-26-23-20-17-14-11-8-5-2)32-27-24-21-18-15-12-9-6-3/h5-43H2,1-4H3;34H,4-33H2,1-3H3. The molecule has 0 amide bonds. The van der Waals surface area contributed by atoms with E-state index in [0.717, 1.165) is 11.3 Å². The van der Waals surface area contributed by atoms with Crippen LogP contribution in [0.15, 0.2) is 0 Å². The fraction of sp³-hybridized carbons (Fsp3) is 1.00. The molecule has 2 aliphatic carbocycles. The van der Waals surface area contributed by atoms with Crippen LogP contribution >= 0.6 is 0 Å². The van der Waals surface area contributed by atoms with Crippen molar-refractivity contribution in [1.82, 2.24) is 0 Å².